The Morgan fingerprint density at radius 1 is 1.02 bits per heavy atom. The number of carbonyl (C=O) groups excluding carboxylic acids is 1. The van der Waals surface area contributed by atoms with Crippen LogP contribution in [0.2, 0.25) is 0 Å². The maximum Gasteiger partial charge on any atom is 0.335 e. The van der Waals surface area contributed by atoms with Crippen LogP contribution in [-0.2, 0) is 16.1 Å². The van der Waals surface area contributed by atoms with E-state index < -0.39 is 11.8 Å². The number of aromatic nitrogens is 3. The highest BCUT2D eigenvalue weighted by molar-refractivity contribution is 7.15. The molecule has 7 rings (SSSR count). The van der Waals surface area contributed by atoms with Crippen molar-refractivity contribution in [3.63, 3.8) is 0 Å². The number of carbonyl (C=O) groups is 2. The number of amides is 1. The maximum atomic E-state index is 16.2. The number of nitrogens with zero attached hydrogens (tertiary/aromatic N) is 4. The minimum absolute atomic E-state index is 0.0163. The molecule has 4 heterocycles. The van der Waals surface area contributed by atoms with Gasteiger partial charge in [0, 0.05) is 29.4 Å². The van der Waals surface area contributed by atoms with Crippen LogP contribution in [0.1, 0.15) is 64.6 Å². The molecule has 232 valence electrons. The van der Waals surface area contributed by atoms with Crippen molar-refractivity contribution in [2.45, 2.75) is 58.4 Å². The summed E-state index contributed by atoms with van der Waals surface area (Å²) < 4.78 is 23.6. The quantitative estimate of drug-likeness (QED) is 0.212. The lowest BCUT2D eigenvalue weighted by Gasteiger charge is -2.28. The van der Waals surface area contributed by atoms with E-state index in [1.54, 1.807) is 17.0 Å². The second kappa shape index (κ2) is 12.0. The van der Waals surface area contributed by atoms with Gasteiger partial charge in [-0.15, -0.1) is 11.3 Å². The second-order valence-corrected chi connectivity index (χ2v) is 13.3. The van der Waals surface area contributed by atoms with E-state index in [4.69, 9.17) is 9.72 Å². The standard InChI is InChI=1S/C35H35FN4O4S/c1-20-34(45-21(2)37-20)28-11-9-23-16-25(17-27(36)32(23)38-28)33-31(22-6-4-3-5-7-22)26-10-8-24(35(42)43)18-29(26)40(33)19-30(41)39-12-14-44-15-13-39/h8-11,16-18,22H,3-7,12-15,19H2,1-2H3,(H,42,43). The van der Waals surface area contributed by atoms with Crippen LogP contribution in [0, 0.1) is 19.7 Å². The van der Waals surface area contributed by atoms with Crippen LogP contribution in [0.4, 0.5) is 4.39 Å². The van der Waals surface area contributed by atoms with E-state index in [0.717, 1.165) is 57.9 Å². The van der Waals surface area contributed by atoms with E-state index in [9.17, 15) is 14.7 Å². The minimum Gasteiger partial charge on any atom is -0.478 e. The Hall–Kier alpha value is -4.15. The van der Waals surface area contributed by atoms with E-state index in [-0.39, 0.29) is 29.4 Å². The highest BCUT2D eigenvalue weighted by Gasteiger charge is 2.29. The van der Waals surface area contributed by atoms with Gasteiger partial charge in [0.2, 0.25) is 5.91 Å². The third-order valence-electron chi connectivity index (χ3n) is 9.18. The lowest BCUT2D eigenvalue weighted by Crippen LogP contribution is -2.42. The van der Waals surface area contributed by atoms with Crippen LogP contribution in [0.3, 0.4) is 0 Å². The molecule has 0 atom stereocenters. The largest absolute Gasteiger partial charge is 0.478 e. The monoisotopic (exact) mass is 626 g/mol. The molecule has 45 heavy (non-hydrogen) atoms. The zero-order valence-electron chi connectivity index (χ0n) is 25.4. The molecule has 1 aliphatic heterocycles. The van der Waals surface area contributed by atoms with Gasteiger partial charge in [-0.3, -0.25) is 4.79 Å². The van der Waals surface area contributed by atoms with E-state index >= 15 is 4.39 Å². The summed E-state index contributed by atoms with van der Waals surface area (Å²) in [6.45, 7) is 5.86. The van der Waals surface area contributed by atoms with Crippen LogP contribution < -0.4 is 0 Å². The number of rotatable bonds is 6. The molecule has 1 N–H and O–H groups in total. The smallest absolute Gasteiger partial charge is 0.335 e. The average molecular weight is 627 g/mol. The van der Waals surface area contributed by atoms with Crippen LogP contribution in [0.25, 0.3) is 43.6 Å². The number of halogens is 1. The molecule has 0 radical (unpaired) electrons. The van der Waals surface area contributed by atoms with Gasteiger partial charge >= 0.3 is 5.97 Å². The summed E-state index contributed by atoms with van der Waals surface area (Å²) in [5.41, 5.74) is 5.16. The normalized spacial score (nSPS) is 16.1. The van der Waals surface area contributed by atoms with Crippen molar-refractivity contribution in [2.24, 2.45) is 0 Å². The Bertz CT molecular complexity index is 1950. The Balaban J connectivity index is 1.44. The molecular weight excluding hydrogens is 591 g/mol. The number of aromatic carboxylic acids is 1. The summed E-state index contributed by atoms with van der Waals surface area (Å²) in [6.07, 6.45) is 5.32. The molecule has 1 aliphatic carbocycles. The van der Waals surface area contributed by atoms with Crippen molar-refractivity contribution in [1.29, 1.82) is 0 Å². The number of hydrogen-bond acceptors (Lipinski definition) is 6. The number of pyridine rings is 1. The van der Waals surface area contributed by atoms with Crippen LogP contribution in [0.15, 0.2) is 42.5 Å². The number of carboxylic acids is 1. The number of carboxylic acid groups (broad SMARTS) is 1. The molecule has 10 heteroatoms. The van der Waals surface area contributed by atoms with Crippen molar-refractivity contribution < 1.29 is 23.8 Å². The van der Waals surface area contributed by atoms with Gasteiger partial charge in [-0.25, -0.2) is 19.2 Å². The highest BCUT2D eigenvalue weighted by Crippen LogP contribution is 2.45. The molecule has 2 fully saturated rings. The Kier molecular flexibility index (Phi) is 7.87. The predicted octanol–water partition coefficient (Wildman–Crippen LogP) is 7.34. The number of morpholine rings is 1. The number of aryl methyl sites for hydroxylation is 2. The lowest BCUT2D eigenvalue weighted by atomic mass is 9.81. The van der Waals surface area contributed by atoms with Crippen molar-refractivity contribution in [2.75, 3.05) is 26.3 Å². The van der Waals surface area contributed by atoms with Gasteiger partial charge in [-0.2, -0.15) is 0 Å². The van der Waals surface area contributed by atoms with Gasteiger partial charge in [0.1, 0.15) is 17.9 Å². The third kappa shape index (κ3) is 5.50. The van der Waals surface area contributed by atoms with Gasteiger partial charge in [-0.1, -0.05) is 31.4 Å². The molecular formula is C35H35FN4O4S. The first-order valence-corrected chi connectivity index (χ1v) is 16.4. The molecule has 1 saturated heterocycles. The van der Waals surface area contributed by atoms with Gasteiger partial charge in [0.05, 0.1) is 51.3 Å². The van der Waals surface area contributed by atoms with Crippen molar-refractivity contribution in [3.05, 3.63) is 70.1 Å². The molecule has 0 spiro atoms. The molecule has 0 bridgehead atoms. The van der Waals surface area contributed by atoms with Crippen molar-refractivity contribution in [1.82, 2.24) is 19.4 Å². The van der Waals surface area contributed by atoms with Crippen LogP contribution in [-0.4, -0.2) is 62.7 Å². The van der Waals surface area contributed by atoms with Gasteiger partial charge in [0.25, 0.3) is 0 Å². The average Bonchev–Trinajstić information content (AvgIpc) is 3.56. The van der Waals surface area contributed by atoms with E-state index in [2.05, 4.69) is 4.98 Å². The van der Waals surface area contributed by atoms with Crippen molar-refractivity contribution in [3.8, 4) is 21.8 Å². The molecule has 1 amide bonds. The van der Waals surface area contributed by atoms with Crippen LogP contribution >= 0.6 is 11.3 Å². The summed E-state index contributed by atoms with van der Waals surface area (Å²) >= 11 is 1.54. The summed E-state index contributed by atoms with van der Waals surface area (Å²) in [7, 11) is 0. The number of fused-ring (bicyclic) bond motifs is 2. The molecule has 1 saturated carbocycles. The Morgan fingerprint density at radius 3 is 2.51 bits per heavy atom. The minimum atomic E-state index is -1.03. The second-order valence-electron chi connectivity index (χ2n) is 12.1. The zero-order chi connectivity index (χ0) is 31.2. The molecule has 0 unspecified atom stereocenters. The molecule has 3 aromatic heterocycles. The van der Waals surface area contributed by atoms with E-state index in [1.165, 1.54) is 23.8 Å². The van der Waals surface area contributed by atoms with Gasteiger partial charge in [-0.05, 0) is 68.5 Å². The fourth-order valence-corrected chi connectivity index (χ4v) is 7.95. The molecule has 8 nitrogen and oxygen atoms in total. The summed E-state index contributed by atoms with van der Waals surface area (Å²) in [5, 5.41) is 12.4. The fourth-order valence-electron chi connectivity index (χ4n) is 7.06. The lowest BCUT2D eigenvalue weighted by molar-refractivity contribution is -0.135. The summed E-state index contributed by atoms with van der Waals surface area (Å²) in [5.74, 6) is -1.34. The van der Waals surface area contributed by atoms with Gasteiger partial charge < -0.3 is 19.3 Å². The molecule has 2 aliphatic rings. The first-order valence-electron chi connectivity index (χ1n) is 15.6. The summed E-state index contributed by atoms with van der Waals surface area (Å²) in [4.78, 5) is 37.7. The van der Waals surface area contributed by atoms with Gasteiger partial charge in [0.15, 0.2) is 0 Å². The number of hydrogen-bond donors (Lipinski definition) is 1. The fraction of sp³-hybridized carbons (Fsp3) is 0.371. The number of benzene rings is 2. The van der Waals surface area contributed by atoms with Crippen molar-refractivity contribution >= 4 is 45.0 Å². The summed E-state index contributed by atoms with van der Waals surface area (Å²) in [6, 6.07) is 12.4. The first-order chi connectivity index (χ1) is 21.8. The number of thiazole rings is 1. The first kappa shape index (κ1) is 29.6. The third-order valence-corrected chi connectivity index (χ3v) is 10.3. The Labute approximate surface area is 264 Å². The Morgan fingerprint density at radius 2 is 1.80 bits per heavy atom. The predicted molar refractivity (Wildman–Crippen MR) is 173 cm³/mol. The zero-order valence-corrected chi connectivity index (χ0v) is 26.3. The van der Waals surface area contributed by atoms with E-state index in [0.29, 0.717) is 48.5 Å². The number of ether oxygens (including phenoxy) is 1. The SMILES string of the molecule is Cc1nc(C)c(-c2ccc3cc(-c4c(C5CCCCC5)c5ccc(C(=O)O)cc5n4CC(=O)N4CCOCC4)cc(F)c3n2)s1. The van der Waals surface area contributed by atoms with E-state index in [1.807, 2.05) is 42.7 Å². The molecule has 2 aromatic carbocycles. The van der Waals surface area contributed by atoms with Crippen LogP contribution in [0.5, 0.6) is 0 Å². The highest BCUT2D eigenvalue weighted by atomic mass is 32.1. The topological polar surface area (TPSA) is 97.5 Å². The molecule has 5 aromatic rings. The maximum absolute atomic E-state index is 16.2.